The topological polar surface area (TPSA) is 52.9 Å². The summed E-state index contributed by atoms with van der Waals surface area (Å²) >= 11 is 0. The molecule has 0 aromatic heterocycles. The molecule has 0 aromatic rings. The van der Waals surface area contributed by atoms with E-state index in [4.69, 9.17) is 5.26 Å². The summed E-state index contributed by atoms with van der Waals surface area (Å²) in [5, 5.41) is 11.3. The Hall–Kier alpha value is -1.04. The Kier molecular flexibility index (Phi) is 5.96. The molecule has 0 radical (unpaired) electrons. The molecular weight excluding hydrogens is 164 g/mol. The first kappa shape index (κ1) is 12.0. The molecule has 3 nitrogen and oxygen atoms in total. The van der Waals surface area contributed by atoms with Crippen LogP contribution >= 0.6 is 0 Å². The second-order valence-corrected chi connectivity index (χ2v) is 3.56. The van der Waals surface area contributed by atoms with Gasteiger partial charge in [-0.15, -0.1) is 0 Å². The van der Waals surface area contributed by atoms with E-state index in [0.29, 0.717) is 18.9 Å². The fourth-order valence-electron chi connectivity index (χ4n) is 0.943. The van der Waals surface area contributed by atoms with Crippen molar-refractivity contribution in [1.82, 2.24) is 5.32 Å². The Labute approximate surface area is 80.1 Å². The molecule has 1 unspecified atom stereocenters. The Morgan fingerprint density at radius 3 is 2.54 bits per heavy atom. The highest BCUT2D eigenvalue weighted by molar-refractivity contribution is 5.80. The Morgan fingerprint density at radius 1 is 1.54 bits per heavy atom. The molecule has 0 saturated carbocycles. The first-order valence-corrected chi connectivity index (χ1v) is 4.79. The SMILES string of the molecule is CCC(C#N)C(=O)NCCC(C)C. The third kappa shape index (κ3) is 5.24. The number of nitrogens with zero attached hydrogens (tertiary/aromatic N) is 1. The molecule has 1 amide bonds. The van der Waals surface area contributed by atoms with Crippen molar-refractivity contribution in [2.75, 3.05) is 6.54 Å². The molecule has 0 spiro atoms. The number of carbonyl (C=O) groups excluding carboxylic acids is 1. The van der Waals surface area contributed by atoms with Crippen LogP contribution in [0.2, 0.25) is 0 Å². The molecule has 0 heterocycles. The van der Waals surface area contributed by atoms with Gasteiger partial charge in [0.15, 0.2) is 0 Å². The maximum Gasteiger partial charge on any atom is 0.237 e. The number of nitriles is 1. The van der Waals surface area contributed by atoms with E-state index in [1.54, 1.807) is 0 Å². The van der Waals surface area contributed by atoms with Gasteiger partial charge in [-0.3, -0.25) is 4.79 Å². The minimum atomic E-state index is -0.479. The molecule has 3 heteroatoms. The van der Waals surface area contributed by atoms with Gasteiger partial charge < -0.3 is 5.32 Å². The van der Waals surface area contributed by atoms with Crippen molar-refractivity contribution < 1.29 is 4.79 Å². The predicted molar refractivity (Wildman–Crippen MR) is 51.9 cm³/mol. The number of hydrogen-bond donors (Lipinski definition) is 1. The fraction of sp³-hybridized carbons (Fsp3) is 0.800. The lowest BCUT2D eigenvalue weighted by Gasteiger charge is -2.09. The number of rotatable bonds is 5. The second-order valence-electron chi connectivity index (χ2n) is 3.56. The van der Waals surface area contributed by atoms with Crippen molar-refractivity contribution in [3.05, 3.63) is 0 Å². The quantitative estimate of drug-likeness (QED) is 0.703. The van der Waals surface area contributed by atoms with Gasteiger partial charge >= 0.3 is 0 Å². The standard InChI is InChI=1S/C10H18N2O/c1-4-9(7-11)10(13)12-6-5-8(2)3/h8-9H,4-6H2,1-3H3,(H,12,13). The van der Waals surface area contributed by atoms with Crippen LogP contribution in [0.5, 0.6) is 0 Å². The first-order chi connectivity index (χ1) is 6.11. The lowest BCUT2D eigenvalue weighted by molar-refractivity contribution is -0.123. The summed E-state index contributed by atoms with van der Waals surface area (Å²) < 4.78 is 0. The zero-order valence-corrected chi connectivity index (χ0v) is 8.63. The van der Waals surface area contributed by atoms with E-state index in [1.807, 2.05) is 13.0 Å². The summed E-state index contributed by atoms with van der Waals surface area (Å²) in [6, 6.07) is 1.98. The summed E-state index contributed by atoms with van der Waals surface area (Å²) in [7, 11) is 0. The summed E-state index contributed by atoms with van der Waals surface area (Å²) in [6.45, 7) is 6.73. The molecule has 0 bridgehead atoms. The van der Waals surface area contributed by atoms with E-state index in [9.17, 15) is 4.79 Å². The Morgan fingerprint density at radius 2 is 2.15 bits per heavy atom. The van der Waals surface area contributed by atoms with E-state index in [2.05, 4.69) is 19.2 Å². The molecular formula is C10H18N2O. The predicted octanol–water partition coefficient (Wildman–Crippen LogP) is 1.70. The smallest absolute Gasteiger partial charge is 0.237 e. The van der Waals surface area contributed by atoms with Gasteiger partial charge in [-0.2, -0.15) is 5.26 Å². The summed E-state index contributed by atoms with van der Waals surface area (Å²) in [5.41, 5.74) is 0. The molecule has 0 fully saturated rings. The van der Waals surface area contributed by atoms with E-state index in [1.165, 1.54) is 0 Å². The van der Waals surface area contributed by atoms with Crippen LogP contribution in [0.3, 0.4) is 0 Å². The summed E-state index contributed by atoms with van der Waals surface area (Å²) in [4.78, 5) is 11.3. The molecule has 0 aromatic carbocycles. The van der Waals surface area contributed by atoms with Gasteiger partial charge in [-0.05, 0) is 18.8 Å². The zero-order valence-electron chi connectivity index (χ0n) is 8.63. The van der Waals surface area contributed by atoms with Crippen LogP contribution in [0.25, 0.3) is 0 Å². The summed E-state index contributed by atoms with van der Waals surface area (Å²) in [5.74, 6) is -0.0275. The largest absolute Gasteiger partial charge is 0.355 e. The van der Waals surface area contributed by atoms with Crippen LogP contribution in [0.15, 0.2) is 0 Å². The third-order valence-electron chi connectivity index (χ3n) is 1.90. The number of nitrogens with one attached hydrogen (secondary N) is 1. The van der Waals surface area contributed by atoms with Crippen LogP contribution < -0.4 is 5.32 Å². The van der Waals surface area contributed by atoms with Crippen molar-refractivity contribution in [2.45, 2.75) is 33.6 Å². The molecule has 1 atom stereocenters. The molecule has 0 aliphatic carbocycles. The highest BCUT2D eigenvalue weighted by atomic mass is 16.1. The van der Waals surface area contributed by atoms with E-state index in [0.717, 1.165) is 6.42 Å². The monoisotopic (exact) mass is 182 g/mol. The van der Waals surface area contributed by atoms with E-state index >= 15 is 0 Å². The fourth-order valence-corrected chi connectivity index (χ4v) is 0.943. The molecule has 1 N–H and O–H groups in total. The van der Waals surface area contributed by atoms with Crippen molar-refractivity contribution in [3.63, 3.8) is 0 Å². The van der Waals surface area contributed by atoms with Gasteiger partial charge in [0.25, 0.3) is 0 Å². The average molecular weight is 182 g/mol. The molecule has 13 heavy (non-hydrogen) atoms. The normalized spacial score (nSPS) is 12.2. The molecule has 0 aliphatic rings. The van der Waals surface area contributed by atoms with Gasteiger partial charge in [0, 0.05) is 6.54 Å². The Bertz CT molecular complexity index is 194. The highest BCUT2D eigenvalue weighted by Crippen LogP contribution is 2.01. The van der Waals surface area contributed by atoms with Crippen molar-refractivity contribution >= 4 is 5.91 Å². The van der Waals surface area contributed by atoms with Crippen LogP contribution in [0.4, 0.5) is 0 Å². The molecule has 0 aliphatic heterocycles. The van der Waals surface area contributed by atoms with Crippen LogP contribution in [-0.4, -0.2) is 12.5 Å². The number of carbonyl (C=O) groups is 1. The zero-order chi connectivity index (χ0) is 10.3. The van der Waals surface area contributed by atoms with Gasteiger partial charge in [-0.25, -0.2) is 0 Å². The lowest BCUT2D eigenvalue weighted by Crippen LogP contribution is -2.30. The van der Waals surface area contributed by atoms with Gasteiger partial charge in [0.2, 0.25) is 5.91 Å². The lowest BCUT2D eigenvalue weighted by atomic mass is 10.1. The molecule has 0 saturated heterocycles. The molecule has 0 rings (SSSR count). The van der Waals surface area contributed by atoms with Gasteiger partial charge in [0.05, 0.1) is 6.07 Å². The van der Waals surface area contributed by atoms with E-state index < -0.39 is 5.92 Å². The number of hydrogen-bond acceptors (Lipinski definition) is 2. The van der Waals surface area contributed by atoms with E-state index in [-0.39, 0.29) is 5.91 Å². The number of amides is 1. The van der Waals surface area contributed by atoms with Gasteiger partial charge in [0.1, 0.15) is 5.92 Å². The summed E-state index contributed by atoms with van der Waals surface area (Å²) in [6.07, 6.45) is 1.55. The second kappa shape index (κ2) is 6.47. The van der Waals surface area contributed by atoms with Gasteiger partial charge in [-0.1, -0.05) is 20.8 Å². The first-order valence-electron chi connectivity index (χ1n) is 4.79. The van der Waals surface area contributed by atoms with Crippen molar-refractivity contribution in [2.24, 2.45) is 11.8 Å². The van der Waals surface area contributed by atoms with Crippen molar-refractivity contribution in [3.8, 4) is 6.07 Å². The minimum Gasteiger partial charge on any atom is -0.355 e. The third-order valence-corrected chi connectivity index (χ3v) is 1.90. The van der Waals surface area contributed by atoms with Crippen LogP contribution in [0, 0.1) is 23.2 Å². The highest BCUT2D eigenvalue weighted by Gasteiger charge is 2.14. The average Bonchev–Trinajstić information content (AvgIpc) is 2.05. The maximum absolute atomic E-state index is 11.3. The van der Waals surface area contributed by atoms with Crippen molar-refractivity contribution in [1.29, 1.82) is 5.26 Å². The minimum absolute atomic E-state index is 0.134. The Balaban J connectivity index is 3.68. The van der Waals surface area contributed by atoms with Crippen LogP contribution in [0.1, 0.15) is 33.6 Å². The molecule has 74 valence electrons. The maximum atomic E-state index is 11.3. The van der Waals surface area contributed by atoms with Crippen LogP contribution in [-0.2, 0) is 4.79 Å².